The third-order valence-corrected chi connectivity index (χ3v) is 5.27. The van der Waals surface area contributed by atoms with Crippen LogP contribution in [-0.4, -0.2) is 26.8 Å². The van der Waals surface area contributed by atoms with E-state index in [0.717, 1.165) is 22.3 Å². The van der Waals surface area contributed by atoms with Crippen LogP contribution in [0.1, 0.15) is 42.4 Å². The first-order valence-electron chi connectivity index (χ1n) is 9.55. The van der Waals surface area contributed by atoms with E-state index in [2.05, 4.69) is 10.4 Å². The van der Waals surface area contributed by atoms with Crippen LogP contribution in [0.15, 0.2) is 54.7 Å². The fourth-order valence-electron chi connectivity index (χ4n) is 3.27. The van der Waals surface area contributed by atoms with Gasteiger partial charge in [0.2, 0.25) is 0 Å². The summed E-state index contributed by atoms with van der Waals surface area (Å²) in [7, 11) is 1.74. The molecule has 0 aliphatic rings. The number of aryl methyl sites for hydroxylation is 1. The molecule has 0 saturated heterocycles. The molecule has 152 valence electrons. The van der Waals surface area contributed by atoms with Crippen molar-refractivity contribution < 1.29 is 9.90 Å². The van der Waals surface area contributed by atoms with Crippen molar-refractivity contribution in [2.75, 3.05) is 0 Å². The van der Waals surface area contributed by atoms with Crippen LogP contribution in [-0.2, 0) is 19.1 Å². The Morgan fingerprint density at radius 1 is 1.21 bits per heavy atom. The largest absolute Gasteiger partial charge is 0.386 e. The van der Waals surface area contributed by atoms with Gasteiger partial charge in [0, 0.05) is 24.3 Å². The van der Waals surface area contributed by atoms with Gasteiger partial charge in [0.15, 0.2) is 0 Å². The van der Waals surface area contributed by atoms with Gasteiger partial charge < -0.3 is 10.4 Å². The van der Waals surface area contributed by atoms with Crippen molar-refractivity contribution in [3.63, 3.8) is 0 Å². The SMILES string of the molecule is CC(Cc1cc(-c2cccc(C(C)(C)O)c2)ccc1Cl)NC(=O)c1ccnn1C. The summed E-state index contributed by atoms with van der Waals surface area (Å²) in [6, 6.07) is 15.3. The Bertz CT molecular complexity index is 1020. The van der Waals surface area contributed by atoms with E-state index in [1.165, 1.54) is 0 Å². The molecule has 6 heteroatoms. The van der Waals surface area contributed by atoms with Crippen LogP contribution >= 0.6 is 11.6 Å². The first-order chi connectivity index (χ1) is 13.6. The molecule has 0 aliphatic heterocycles. The van der Waals surface area contributed by atoms with Gasteiger partial charge in [-0.3, -0.25) is 9.48 Å². The highest BCUT2D eigenvalue weighted by Crippen LogP contribution is 2.29. The van der Waals surface area contributed by atoms with E-state index >= 15 is 0 Å². The number of nitrogens with one attached hydrogen (secondary N) is 1. The highest BCUT2D eigenvalue weighted by atomic mass is 35.5. The van der Waals surface area contributed by atoms with E-state index in [9.17, 15) is 9.90 Å². The lowest BCUT2D eigenvalue weighted by Crippen LogP contribution is -2.35. The third-order valence-electron chi connectivity index (χ3n) is 4.91. The maximum atomic E-state index is 12.4. The second kappa shape index (κ2) is 8.39. The highest BCUT2D eigenvalue weighted by molar-refractivity contribution is 6.31. The smallest absolute Gasteiger partial charge is 0.269 e. The summed E-state index contributed by atoms with van der Waals surface area (Å²) in [5.41, 5.74) is 3.43. The molecule has 0 saturated carbocycles. The molecule has 1 atom stereocenters. The summed E-state index contributed by atoms with van der Waals surface area (Å²) in [6.07, 6.45) is 2.20. The molecule has 2 aromatic carbocycles. The summed E-state index contributed by atoms with van der Waals surface area (Å²) in [4.78, 5) is 12.4. The predicted molar refractivity (Wildman–Crippen MR) is 116 cm³/mol. The molecule has 0 spiro atoms. The number of hydrogen-bond acceptors (Lipinski definition) is 3. The normalized spacial score (nSPS) is 12.6. The third kappa shape index (κ3) is 5.05. The van der Waals surface area contributed by atoms with E-state index in [-0.39, 0.29) is 11.9 Å². The molecule has 29 heavy (non-hydrogen) atoms. The maximum Gasteiger partial charge on any atom is 0.269 e. The van der Waals surface area contributed by atoms with Crippen LogP contribution in [0.4, 0.5) is 0 Å². The van der Waals surface area contributed by atoms with Gasteiger partial charge in [-0.25, -0.2) is 0 Å². The molecule has 0 fully saturated rings. The lowest BCUT2D eigenvalue weighted by Gasteiger charge is -2.19. The number of rotatable bonds is 6. The monoisotopic (exact) mass is 411 g/mol. The summed E-state index contributed by atoms with van der Waals surface area (Å²) in [5.74, 6) is -0.164. The number of amides is 1. The summed E-state index contributed by atoms with van der Waals surface area (Å²) >= 11 is 6.43. The highest BCUT2D eigenvalue weighted by Gasteiger charge is 2.17. The number of nitrogens with zero attached hydrogens (tertiary/aromatic N) is 2. The van der Waals surface area contributed by atoms with Crippen molar-refractivity contribution in [2.24, 2.45) is 7.05 Å². The zero-order valence-electron chi connectivity index (χ0n) is 17.1. The summed E-state index contributed by atoms with van der Waals surface area (Å²) in [6.45, 7) is 5.49. The Hall–Kier alpha value is -2.63. The topological polar surface area (TPSA) is 67.2 Å². The molecule has 3 aromatic rings. The van der Waals surface area contributed by atoms with E-state index in [1.54, 1.807) is 37.8 Å². The standard InChI is InChI=1S/C23H26ClN3O2/c1-15(26-22(28)21-10-11-25-27(21)4)12-18-13-17(8-9-20(18)24)16-6-5-7-19(14-16)23(2,3)29/h5-11,13-15,29H,12H2,1-4H3,(H,26,28). The molecule has 0 bridgehead atoms. The quantitative estimate of drug-likeness (QED) is 0.634. The van der Waals surface area contributed by atoms with Gasteiger partial charge in [0.05, 0.1) is 5.60 Å². The lowest BCUT2D eigenvalue weighted by molar-refractivity contribution is 0.0786. The molecule has 3 rings (SSSR count). The van der Waals surface area contributed by atoms with Crippen LogP contribution in [0.5, 0.6) is 0 Å². The molecular weight excluding hydrogens is 386 g/mol. The number of benzene rings is 2. The average Bonchev–Trinajstić information content (AvgIpc) is 3.09. The zero-order chi connectivity index (χ0) is 21.2. The van der Waals surface area contributed by atoms with Crippen molar-refractivity contribution in [1.82, 2.24) is 15.1 Å². The van der Waals surface area contributed by atoms with Crippen LogP contribution in [0.25, 0.3) is 11.1 Å². The van der Waals surface area contributed by atoms with Gasteiger partial charge in [-0.15, -0.1) is 0 Å². The number of aliphatic hydroxyl groups is 1. The summed E-state index contributed by atoms with van der Waals surface area (Å²) in [5, 5.41) is 18.0. The Morgan fingerprint density at radius 3 is 2.59 bits per heavy atom. The molecular formula is C23H26ClN3O2. The van der Waals surface area contributed by atoms with Gasteiger partial charge >= 0.3 is 0 Å². The Kier molecular flexibility index (Phi) is 6.10. The minimum absolute atomic E-state index is 0.104. The lowest BCUT2D eigenvalue weighted by atomic mass is 9.93. The van der Waals surface area contributed by atoms with Crippen molar-refractivity contribution in [3.05, 3.63) is 76.6 Å². The van der Waals surface area contributed by atoms with Crippen molar-refractivity contribution >= 4 is 17.5 Å². The number of carbonyl (C=O) groups excluding carboxylic acids is 1. The molecule has 0 aliphatic carbocycles. The van der Waals surface area contributed by atoms with Crippen LogP contribution < -0.4 is 5.32 Å². The van der Waals surface area contributed by atoms with Crippen molar-refractivity contribution in [3.8, 4) is 11.1 Å². The number of halogens is 1. The maximum absolute atomic E-state index is 12.4. The minimum Gasteiger partial charge on any atom is -0.386 e. The molecule has 1 unspecified atom stereocenters. The number of aromatic nitrogens is 2. The van der Waals surface area contributed by atoms with E-state index < -0.39 is 5.60 Å². The van der Waals surface area contributed by atoms with Gasteiger partial charge in [-0.05, 0) is 73.7 Å². The van der Waals surface area contributed by atoms with Gasteiger partial charge in [0.25, 0.3) is 5.91 Å². The molecule has 1 aromatic heterocycles. The fraction of sp³-hybridized carbons (Fsp3) is 0.304. The molecule has 5 nitrogen and oxygen atoms in total. The first-order valence-corrected chi connectivity index (χ1v) is 9.93. The van der Waals surface area contributed by atoms with Crippen molar-refractivity contribution in [2.45, 2.75) is 38.8 Å². The van der Waals surface area contributed by atoms with Gasteiger partial charge in [-0.2, -0.15) is 5.10 Å². The fourth-order valence-corrected chi connectivity index (χ4v) is 3.46. The average molecular weight is 412 g/mol. The summed E-state index contributed by atoms with van der Waals surface area (Å²) < 4.78 is 1.55. The van der Waals surface area contributed by atoms with E-state index in [4.69, 9.17) is 11.6 Å². The molecule has 1 amide bonds. The van der Waals surface area contributed by atoms with Crippen LogP contribution in [0.3, 0.4) is 0 Å². The van der Waals surface area contributed by atoms with E-state index in [1.807, 2.05) is 49.4 Å². The minimum atomic E-state index is -0.907. The van der Waals surface area contributed by atoms with Crippen LogP contribution in [0.2, 0.25) is 5.02 Å². The number of carbonyl (C=O) groups is 1. The second-order valence-electron chi connectivity index (χ2n) is 7.86. The molecule has 1 heterocycles. The Balaban J connectivity index is 1.79. The Morgan fingerprint density at radius 2 is 1.93 bits per heavy atom. The zero-order valence-corrected chi connectivity index (χ0v) is 17.9. The molecule has 2 N–H and O–H groups in total. The number of hydrogen-bond donors (Lipinski definition) is 2. The second-order valence-corrected chi connectivity index (χ2v) is 8.27. The van der Waals surface area contributed by atoms with Crippen molar-refractivity contribution in [1.29, 1.82) is 0 Å². The van der Waals surface area contributed by atoms with Gasteiger partial charge in [0.1, 0.15) is 5.69 Å². The van der Waals surface area contributed by atoms with E-state index in [0.29, 0.717) is 17.1 Å². The first kappa shape index (κ1) is 21.1. The Labute approximate surface area is 176 Å². The predicted octanol–water partition coefficient (Wildman–Crippen LogP) is 4.33. The van der Waals surface area contributed by atoms with Crippen LogP contribution in [0, 0.1) is 0 Å². The molecule has 0 radical (unpaired) electrons. The van der Waals surface area contributed by atoms with Gasteiger partial charge in [-0.1, -0.05) is 35.9 Å².